The molecule has 0 atom stereocenters. The van der Waals surface area contributed by atoms with Crippen LogP contribution < -0.4 is 15.2 Å². The number of rotatable bonds is 3. The number of halogens is 1. The lowest BCUT2D eigenvalue weighted by molar-refractivity contribution is 0.415. The van der Waals surface area contributed by atoms with E-state index in [-0.39, 0.29) is 21.9 Å². The van der Waals surface area contributed by atoms with Gasteiger partial charge >= 0.3 is 0 Å². The molecule has 0 aliphatic heterocycles. The van der Waals surface area contributed by atoms with Gasteiger partial charge in [-0.25, -0.2) is 0 Å². The van der Waals surface area contributed by atoms with Crippen LogP contribution in [0.1, 0.15) is 5.56 Å². The van der Waals surface area contributed by atoms with E-state index in [2.05, 4.69) is 0 Å². The molecule has 0 aliphatic rings. The molecule has 2 aromatic carbocycles. The highest BCUT2D eigenvalue weighted by atomic mass is 35.5. The summed E-state index contributed by atoms with van der Waals surface area (Å²) < 4.78 is 6.69. The minimum absolute atomic E-state index is 0.0701. The maximum absolute atomic E-state index is 12.8. The molecule has 0 aliphatic carbocycles. The Bertz CT molecular complexity index is 1060. The smallest absolute Gasteiger partial charge is 0.264 e. The summed E-state index contributed by atoms with van der Waals surface area (Å²) in [4.78, 5) is 14.7. The number of hydrogen-bond acceptors (Lipinski definition) is 4. The molecule has 5 nitrogen and oxygen atoms in total. The van der Waals surface area contributed by atoms with Gasteiger partial charge in [0.05, 0.1) is 12.6 Å². The molecule has 0 radical (unpaired) electrons. The summed E-state index contributed by atoms with van der Waals surface area (Å²) in [6, 6.07) is 12.2. The van der Waals surface area contributed by atoms with Crippen LogP contribution in [0.3, 0.4) is 0 Å². The molecule has 0 saturated heterocycles. The van der Waals surface area contributed by atoms with E-state index >= 15 is 0 Å². The van der Waals surface area contributed by atoms with Crippen molar-refractivity contribution < 1.29 is 9.84 Å². The van der Waals surface area contributed by atoms with Gasteiger partial charge in [-0.15, -0.1) is 0 Å². The fourth-order valence-corrected chi connectivity index (χ4v) is 3.20. The van der Waals surface area contributed by atoms with Crippen LogP contribution in [0.2, 0.25) is 5.02 Å². The standard InChI is InChI=1S/C19H17ClN2O3S/c1-21(12-6-4-11(20)5-7-12)19(26)16-17(23)14-10-13(25-3)8-9-15(14)22(2)18(16)24/h4-10,23H,1-3H3. The number of methoxy groups -OCH3 is 1. The van der Waals surface area contributed by atoms with Gasteiger partial charge in [0.2, 0.25) is 0 Å². The molecule has 0 bridgehead atoms. The first-order valence-corrected chi connectivity index (χ1v) is 8.57. The van der Waals surface area contributed by atoms with Gasteiger partial charge in [0.1, 0.15) is 22.1 Å². The van der Waals surface area contributed by atoms with E-state index in [4.69, 9.17) is 28.6 Å². The molecule has 134 valence electrons. The van der Waals surface area contributed by atoms with Crippen LogP contribution in [-0.2, 0) is 7.05 Å². The summed E-state index contributed by atoms with van der Waals surface area (Å²) in [7, 11) is 4.92. The molecule has 1 N–H and O–H groups in total. The molecular weight excluding hydrogens is 372 g/mol. The molecule has 0 unspecified atom stereocenters. The number of nitrogens with zero attached hydrogens (tertiary/aromatic N) is 2. The lowest BCUT2D eigenvalue weighted by Gasteiger charge is -2.22. The van der Waals surface area contributed by atoms with Gasteiger partial charge in [0.15, 0.2) is 0 Å². The van der Waals surface area contributed by atoms with E-state index < -0.39 is 0 Å². The van der Waals surface area contributed by atoms with Crippen LogP contribution in [0.5, 0.6) is 11.5 Å². The SMILES string of the molecule is COc1ccc2c(c1)c(O)c(C(=S)N(C)c1ccc(Cl)cc1)c(=O)n2C. The van der Waals surface area contributed by atoms with Gasteiger partial charge in [-0.2, -0.15) is 0 Å². The second-order valence-corrected chi connectivity index (χ2v) is 6.63. The van der Waals surface area contributed by atoms with Crippen molar-refractivity contribution >= 4 is 45.4 Å². The zero-order chi connectivity index (χ0) is 19.0. The van der Waals surface area contributed by atoms with Crippen molar-refractivity contribution in [3.63, 3.8) is 0 Å². The third kappa shape index (κ3) is 3.02. The molecule has 0 saturated carbocycles. The average Bonchev–Trinajstić information content (AvgIpc) is 2.65. The Morgan fingerprint density at radius 1 is 1.23 bits per heavy atom. The van der Waals surface area contributed by atoms with Gasteiger partial charge in [-0.1, -0.05) is 23.8 Å². The van der Waals surface area contributed by atoms with Crippen LogP contribution >= 0.6 is 23.8 Å². The van der Waals surface area contributed by atoms with Crippen LogP contribution in [0, 0.1) is 0 Å². The number of aromatic nitrogens is 1. The molecule has 3 rings (SSSR count). The fourth-order valence-electron chi connectivity index (χ4n) is 2.78. The maximum atomic E-state index is 12.8. The Kier molecular flexibility index (Phi) is 4.89. The van der Waals surface area contributed by atoms with Crippen molar-refractivity contribution in [1.82, 2.24) is 4.57 Å². The number of pyridine rings is 1. The Morgan fingerprint density at radius 3 is 2.50 bits per heavy atom. The van der Waals surface area contributed by atoms with E-state index in [1.165, 1.54) is 4.57 Å². The van der Waals surface area contributed by atoms with Crippen molar-refractivity contribution in [3.8, 4) is 11.5 Å². The van der Waals surface area contributed by atoms with Gasteiger partial charge in [0.25, 0.3) is 5.56 Å². The average molecular weight is 389 g/mol. The normalized spacial score (nSPS) is 10.8. The largest absolute Gasteiger partial charge is 0.506 e. The second-order valence-electron chi connectivity index (χ2n) is 5.81. The highest BCUT2D eigenvalue weighted by Crippen LogP contribution is 2.31. The van der Waals surface area contributed by atoms with Crippen molar-refractivity contribution in [2.75, 3.05) is 19.1 Å². The summed E-state index contributed by atoms with van der Waals surface area (Å²) in [5, 5.41) is 11.9. The first-order valence-electron chi connectivity index (χ1n) is 7.78. The lowest BCUT2D eigenvalue weighted by Crippen LogP contribution is -2.33. The molecule has 7 heteroatoms. The van der Waals surface area contributed by atoms with Gasteiger partial charge in [-0.3, -0.25) is 4.79 Å². The molecule has 1 heterocycles. The quantitative estimate of drug-likeness (QED) is 0.693. The Morgan fingerprint density at radius 2 is 1.88 bits per heavy atom. The summed E-state index contributed by atoms with van der Waals surface area (Å²) in [5.41, 5.74) is 1.05. The van der Waals surface area contributed by atoms with Crippen LogP contribution in [0.4, 0.5) is 5.69 Å². The van der Waals surface area contributed by atoms with Crippen LogP contribution in [0.25, 0.3) is 10.9 Å². The van der Waals surface area contributed by atoms with E-state index in [9.17, 15) is 9.90 Å². The molecule has 0 fully saturated rings. The Hall–Kier alpha value is -2.57. The van der Waals surface area contributed by atoms with Gasteiger partial charge in [-0.05, 0) is 42.5 Å². The minimum Gasteiger partial charge on any atom is -0.506 e. The van der Waals surface area contributed by atoms with Gasteiger partial charge < -0.3 is 19.3 Å². The van der Waals surface area contributed by atoms with Crippen LogP contribution in [0.15, 0.2) is 47.3 Å². The second kappa shape index (κ2) is 6.97. The molecule has 0 amide bonds. The number of thiocarbonyl (C=S) groups is 1. The topological polar surface area (TPSA) is 54.7 Å². The number of hydrogen-bond donors (Lipinski definition) is 1. The summed E-state index contributed by atoms with van der Waals surface area (Å²) >= 11 is 11.4. The molecule has 1 aromatic heterocycles. The predicted octanol–water partition coefficient (Wildman–Crippen LogP) is 3.72. The highest BCUT2D eigenvalue weighted by Gasteiger charge is 2.22. The maximum Gasteiger partial charge on any atom is 0.264 e. The van der Waals surface area contributed by atoms with E-state index in [0.717, 1.165) is 5.69 Å². The third-order valence-electron chi connectivity index (χ3n) is 4.31. The zero-order valence-corrected chi connectivity index (χ0v) is 16.1. The number of aromatic hydroxyl groups is 1. The number of fused-ring (bicyclic) bond motifs is 1. The number of benzene rings is 2. The summed E-state index contributed by atoms with van der Waals surface area (Å²) in [6.07, 6.45) is 0. The molecule has 26 heavy (non-hydrogen) atoms. The predicted molar refractivity (Wildman–Crippen MR) is 109 cm³/mol. The van der Waals surface area contributed by atoms with E-state index in [1.54, 1.807) is 68.6 Å². The van der Waals surface area contributed by atoms with Crippen molar-refractivity contribution in [2.24, 2.45) is 7.05 Å². The fraction of sp³-hybridized carbons (Fsp3) is 0.158. The van der Waals surface area contributed by atoms with Crippen molar-refractivity contribution in [3.05, 3.63) is 63.4 Å². The molecule has 0 spiro atoms. The van der Waals surface area contributed by atoms with E-state index in [0.29, 0.717) is 21.7 Å². The van der Waals surface area contributed by atoms with Gasteiger partial charge in [0, 0.05) is 30.2 Å². The first-order chi connectivity index (χ1) is 12.3. The highest BCUT2D eigenvalue weighted by molar-refractivity contribution is 7.81. The lowest BCUT2D eigenvalue weighted by atomic mass is 10.1. The summed E-state index contributed by atoms with van der Waals surface area (Å²) in [5.74, 6) is 0.419. The van der Waals surface area contributed by atoms with Crippen molar-refractivity contribution in [1.29, 1.82) is 0 Å². The number of ether oxygens (including phenoxy) is 1. The monoisotopic (exact) mass is 388 g/mol. The molecular formula is C19H17ClN2O3S. The zero-order valence-electron chi connectivity index (χ0n) is 14.5. The van der Waals surface area contributed by atoms with Crippen molar-refractivity contribution in [2.45, 2.75) is 0 Å². The Balaban J connectivity index is 2.18. The van der Waals surface area contributed by atoms with Crippen LogP contribution in [-0.4, -0.2) is 28.8 Å². The minimum atomic E-state index is -0.369. The Labute approximate surface area is 161 Å². The first kappa shape index (κ1) is 18.2. The third-order valence-corrected chi connectivity index (χ3v) is 5.04. The number of aryl methyl sites for hydroxylation is 1. The number of anilines is 1. The summed E-state index contributed by atoms with van der Waals surface area (Å²) in [6.45, 7) is 0. The molecule has 3 aromatic rings. The van der Waals surface area contributed by atoms with E-state index in [1.807, 2.05) is 0 Å².